The van der Waals surface area contributed by atoms with Gasteiger partial charge in [-0.05, 0) is 81.8 Å². The minimum absolute atomic E-state index is 0.00901. The first-order valence-electron chi connectivity index (χ1n) is 26.3. The number of piperazine rings is 1. The Kier molecular flexibility index (Phi) is 19.5. The minimum Gasteiger partial charge on any atom is -0.506 e. The predicted molar refractivity (Wildman–Crippen MR) is 299 cm³/mol. The lowest BCUT2D eigenvalue weighted by Gasteiger charge is -2.41. The third-order valence-corrected chi connectivity index (χ3v) is 13.9. The van der Waals surface area contributed by atoms with Gasteiger partial charge in [-0.2, -0.15) is 0 Å². The molecule has 1 fully saturated rings. The molecule has 3 aromatic carbocycles. The molecule has 0 amide bonds. The Hall–Kier alpha value is -7.44. The molecule has 6 heterocycles. The Balaban J connectivity index is 0.579. The minimum atomic E-state index is -0.669. The van der Waals surface area contributed by atoms with Crippen molar-refractivity contribution in [1.29, 1.82) is 0 Å². The second kappa shape index (κ2) is 27.4. The molecule has 0 aliphatic carbocycles. The number of hydrogen-bond donors (Lipinski definition) is 2. The molecule has 0 bridgehead atoms. The fourth-order valence-corrected chi connectivity index (χ4v) is 10.0. The van der Waals surface area contributed by atoms with E-state index in [-0.39, 0.29) is 42.7 Å². The number of hydrogen-bond acceptors (Lipinski definition) is 20. The molecule has 2 aliphatic rings. The lowest BCUT2D eigenvalue weighted by atomic mass is 10.1. The number of aryl methyl sites for hydroxylation is 2. The summed E-state index contributed by atoms with van der Waals surface area (Å²) in [5.41, 5.74) is 6.41. The first-order chi connectivity index (χ1) is 38.5. The maximum atomic E-state index is 13.2. The van der Waals surface area contributed by atoms with Crippen LogP contribution in [-0.4, -0.2) is 160 Å². The van der Waals surface area contributed by atoms with Gasteiger partial charge in [-0.15, -0.1) is 5.10 Å². The molecular weight excluding hydrogens is 1030 g/mol. The van der Waals surface area contributed by atoms with Crippen LogP contribution in [0.5, 0.6) is 11.5 Å². The van der Waals surface area contributed by atoms with E-state index in [4.69, 9.17) is 37.6 Å². The third kappa shape index (κ3) is 15.0. The highest BCUT2D eigenvalue weighted by Gasteiger charge is 2.33. The number of anilines is 1. The zero-order chi connectivity index (χ0) is 55.1. The number of benzene rings is 3. The van der Waals surface area contributed by atoms with Crippen molar-refractivity contribution in [1.82, 2.24) is 34.3 Å². The first kappa shape index (κ1) is 56.3. The average molecular weight is 1100 g/mol. The molecule has 21 nitrogen and oxygen atoms in total. The molecule has 9 rings (SSSR count). The van der Waals surface area contributed by atoms with Crippen molar-refractivity contribution in [3.8, 4) is 22.8 Å². The second-order valence-corrected chi connectivity index (χ2v) is 19.7. The van der Waals surface area contributed by atoms with Crippen LogP contribution in [0, 0.1) is 13.8 Å². The van der Waals surface area contributed by atoms with Gasteiger partial charge in [-0.1, -0.05) is 41.2 Å². The molecular formula is C57H65N9O12S. The first-order valence-corrected chi connectivity index (χ1v) is 27.1. The van der Waals surface area contributed by atoms with Crippen LogP contribution in [-0.2, 0) is 46.4 Å². The summed E-state index contributed by atoms with van der Waals surface area (Å²) in [4.78, 5) is 44.8. The van der Waals surface area contributed by atoms with Crippen molar-refractivity contribution >= 4 is 56.8 Å². The number of carbonyl (C=O) groups excluding carboxylic acids is 1. The van der Waals surface area contributed by atoms with E-state index in [2.05, 4.69) is 48.1 Å². The lowest BCUT2D eigenvalue weighted by Crippen LogP contribution is -2.52. The molecule has 0 saturated carbocycles. The Labute approximate surface area is 461 Å². The van der Waals surface area contributed by atoms with Crippen LogP contribution < -0.4 is 15.3 Å². The SMILES string of the molecule is CCOC(=O)C1=C(O)/C(=C/c2ccc(OCCOCCn3cc(COCCOCCOCCOCCN4CCN(c5ccc6cc(-c7cn8cc(C)nc(C)c8n7)c(=O)oc6c5)C[C@H]4C)nn3)c(O)c2)SC1=Nc1ccccc1. The fourth-order valence-electron chi connectivity index (χ4n) is 8.98. The number of phenolic OH excluding ortho intramolecular Hbond substituents is 1. The monoisotopic (exact) mass is 1100 g/mol. The summed E-state index contributed by atoms with van der Waals surface area (Å²) in [5.74, 6) is -0.731. The number of aliphatic hydroxyl groups excluding tert-OH is 1. The van der Waals surface area contributed by atoms with Gasteiger partial charge in [0, 0.05) is 61.8 Å². The number of imidazole rings is 1. The summed E-state index contributed by atoms with van der Waals surface area (Å²) in [6.07, 6.45) is 7.19. The van der Waals surface area contributed by atoms with E-state index in [1.807, 2.05) is 67.0 Å². The van der Waals surface area contributed by atoms with E-state index < -0.39 is 11.6 Å². The molecule has 22 heteroatoms. The fraction of sp³-hybridized carbons (Fsp3) is 0.386. The number of ether oxygens (including phenoxy) is 7. The molecule has 2 N–H and O–H groups in total. The van der Waals surface area contributed by atoms with Crippen LogP contribution in [0.25, 0.3) is 33.9 Å². The molecule has 1 saturated heterocycles. The zero-order valence-corrected chi connectivity index (χ0v) is 45.6. The molecule has 416 valence electrons. The highest BCUT2D eigenvalue weighted by atomic mass is 32.2. The number of aliphatic hydroxyl groups is 1. The van der Waals surface area contributed by atoms with Gasteiger partial charge >= 0.3 is 11.6 Å². The summed E-state index contributed by atoms with van der Waals surface area (Å²) in [6, 6.07) is 22.2. The van der Waals surface area contributed by atoms with E-state index >= 15 is 0 Å². The molecule has 4 aromatic heterocycles. The van der Waals surface area contributed by atoms with Gasteiger partial charge in [0.2, 0.25) is 0 Å². The normalized spacial score (nSPS) is 16.1. The number of thioether (sulfide) groups is 1. The van der Waals surface area contributed by atoms with Gasteiger partial charge in [-0.3, -0.25) is 9.88 Å². The number of para-hydroxylation sites is 1. The van der Waals surface area contributed by atoms with E-state index in [0.717, 1.165) is 60.4 Å². The largest absolute Gasteiger partial charge is 0.506 e. The van der Waals surface area contributed by atoms with Gasteiger partial charge in [0.25, 0.3) is 0 Å². The highest BCUT2D eigenvalue weighted by molar-refractivity contribution is 8.18. The number of carbonyl (C=O) groups is 1. The van der Waals surface area contributed by atoms with Crippen LogP contribution in [0.1, 0.15) is 36.5 Å². The third-order valence-electron chi connectivity index (χ3n) is 12.9. The number of aromatic hydroxyl groups is 1. The predicted octanol–water partition coefficient (Wildman–Crippen LogP) is 7.48. The number of nitrogens with zero attached hydrogens (tertiary/aromatic N) is 9. The lowest BCUT2D eigenvalue weighted by molar-refractivity contribution is -0.138. The molecule has 0 radical (unpaired) electrons. The number of rotatable bonds is 27. The number of fused-ring (bicyclic) bond motifs is 2. The summed E-state index contributed by atoms with van der Waals surface area (Å²) in [5, 5.41) is 31.2. The smallest absolute Gasteiger partial charge is 0.345 e. The van der Waals surface area contributed by atoms with Gasteiger partial charge in [0.1, 0.15) is 34.3 Å². The average Bonchev–Trinajstić information content (AvgIpc) is 4.30. The number of aliphatic imine (C=N–C) groups is 1. The van der Waals surface area contributed by atoms with Crippen molar-refractivity contribution in [3.05, 3.63) is 141 Å². The summed E-state index contributed by atoms with van der Waals surface area (Å²) in [6.45, 7) is 16.2. The molecule has 2 aliphatic heterocycles. The molecule has 0 spiro atoms. The summed E-state index contributed by atoms with van der Waals surface area (Å²) < 4.78 is 49.0. The topological polar surface area (TPSA) is 232 Å². The van der Waals surface area contributed by atoms with E-state index in [9.17, 15) is 19.8 Å². The van der Waals surface area contributed by atoms with Crippen LogP contribution in [0.4, 0.5) is 11.4 Å². The van der Waals surface area contributed by atoms with Crippen LogP contribution in [0.15, 0.2) is 122 Å². The van der Waals surface area contributed by atoms with Gasteiger partial charge in [0.15, 0.2) is 17.1 Å². The van der Waals surface area contributed by atoms with Crippen molar-refractivity contribution in [2.75, 3.05) is 104 Å². The van der Waals surface area contributed by atoms with Crippen molar-refractivity contribution in [3.63, 3.8) is 0 Å². The molecule has 7 aromatic rings. The van der Waals surface area contributed by atoms with Gasteiger partial charge in [0.05, 0.1) is 119 Å². The van der Waals surface area contributed by atoms with Crippen LogP contribution >= 0.6 is 11.8 Å². The second-order valence-electron chi connectivity index (χ2n) is 18.7. The van der Waals surface area contributed by atoms with E-state index in [1.54, 1.807) is 48.1 Å². The molecule has 0 unspecified atom stereocenters. The highest BCUT2D eigenvalue weighted by Crippen LogP contribution is 2.41. The maximum absolute atomic E-state index is 13.2. The quantitative estimate of drug-likeness (QED) is 0.0289. The Morgan fingerprint density at radius 1 is 0.835 bits per heavy atom. The Morgan fingerprint density at radius 3 is 2.34 bits per heavy atom. The van der Waals surface area contributed by atoms with E-state index in [1.165, 1.54) is 6.07 Å². The van der Waals surface area contributed by atoms with Crippen molar-refractivity contribution < 1.29 is 52.6 Å². The van der Waals surface area contributed by atoms with E-state index in [0.29, 0.717) is 121 Å². The molecule has 79 heavy (non-hydrogen) atoms. The van der Waals surface area contributed by atoms with Crippen LogP contribution in [0.3, 0.4) is 0 Å². The summed E-state index contributed by atoms with van der Waals surface area (Å²) >= 11 is 1.14. The zero-order valence-electron chi connectivity index (χ0n) is 44.7. The Morgan fingerprint density at radius 2 is 1.58 bits per heavy atom. The van der Waals surface area contributed by atoms with Crippen molar-refractivity contribution in [2.24, 2.45) is 4.99 Å². The van der Waals surface area contributed by atoms with Crippen LogP contribution in [0.2, 0.25) is 0 Å². The Bertz CT molecular complexity index is 3360. The van der Waals surface area contributed by atoms with Gasteiger partial charge in [-0.25, -0.2) is 24.2 Å². The summed E-state index contributed by atoms with van der Waals surface area (Å²) in [7, 11) is 0. The van der Waals surface area contributed by atoms with Crippen molar-refractivity contribution in [2.45, 2.75) is 46.9 Å². The standard InChI is InChI=1S/C57H65N9O12S/c1-5-76-57(70)52-53(68)51(79-55(52)59-43-9-7-6-8-10-43)30-41-11-14-49(48(67)29-41)77-28-27-72-20-18-66-35-44(61-62-66)37-75-26-25-74-24-23-73-22-21-71-19-17-63-15-16-64(34-39(63)3)45-13-12-42-31-46(56(69)78-50(42)32-45)47-36-65-33-38(2)58-40(4)54(65)60-47/h6-14,29-33,35-36,39,67-68H,5,15-28,34,37H2,1-4H3/b51-30-,59-55?/t39-/m1/s1. The number of esters is 1. The number of aromatic nitrogens is 6. The van der Waals surface area contributed by atoms with Gasteiger partial charge < -0.3 is 57.1 Å². The number of phenols is 1. The maximum Gasteiger partial charge on any atom is 0.345 e. The molecule has 1 atom stereocenters.